The number of carbonyl (C=O) groups excluding carboxylic acids is 1. The summed E-state index contributed by atoms with van der Waals surface area (Å²) in [6, 6.07) is 17.8. The van der Waals surface area contributed by atoms with Gasteiger partial charge in [0.25, 0.3) is 5.56 Å². The summed E-state index contributed by atoms with van der Waals surface area (Å²) < 4.78 is 1.22. The van der Waals surface area contributed by atoms with E-state index in [0.717, 1.165) is 11.3 Å². The Kier molecular flexibility index (Phi) is 6.78. The van der Waals surface area contributed by atoms with Gasteiger partial charge in [-0.05, 0) is 42.0 Å². The lowest BCUT2D eigenvalue weighted by molar-refractivity contribution is -0.132. The van der Waals surface area contributed by atoms with E-state index in [1.165, 1.54) is 4.68 Å². The van der Waals surface area contributed by atoms with E-state index >= 15 is 0 Å². The number of halogens is 2. The zero-order chi connectivity index (χ0) is 22.5. The molecule has 162 valence electrons. The molecule has 32 heavy (non-hydrogen) atoms. The average Bonchev–Trinajstić information content (AvgIpc) is 2.81. The van der Waals surface area contributed by atoms with Crippen LogP contribution in [-0.4, -0.2) is 30.8 Å². The minimum absolute atomic E-state index is 0.0844. The minimum Gasteiger partial charge on any atom is -0.332 e. The molecule has 2 heterocycles. The third-order valence-corrected chi connectivity index (χ3v) is 5.69. The molecule has 0 unspecified atom stereocenters. The van der Waals surface area contributed by atoms with Gasteiger partial charge in [0.05, 0.1) is 34.2 Å². The Labute approximate surface area is 194 Å². The van der Waals surface area contributed by atoms with E-state index in [2.05, 4.69) is 15.3 Å². The van der Waals surface area contributed by atoms with Gasteiger partial charge < -0.3 is 4.90 Å². The lowest BCUT2D eigenvalue weighted by Crippen LogP contribution is -2.33. The van der Waals surface area contributed by atoms with Crippen molar-refractivity contribution in [2.24, 2.45) is 0 Å². The van der Waals surface area contributed by atoms with E-state index in [9.17, 15) is 9.59 Å². The van der Waals surface area contributed by atoms with Crippen LogP contribution in [0.5, 0.6) is 0 Å². The standard InChI is InChI=1S/C23H19Cl2N5O2/c24-19-9-8-16(13-20(19)25)14-29(15-17-5-3-4-11-26-17)22(31)10-12-30-23(32)18-6-1-2-7-21(18)27-28-30/h1-9,11,13H,10,12,14-15H2. The molecule has 4 rings (SSSR count). The van der Waals surface area contributed by atoms with Gasteiger partial charge in [0.2, 0.25) is 5.91 Å². The molecule has 0 atom stereocenters. The van der Waals surface area contributed by atoms with Crippen LogP contribution < -0.4 is 5.56 Å². The highest BCUT2D eigenvalue weighted by molar-refractivity contribution is 6.42. The SMILES string of the molecule is O=C(CCn1nnc2ccccc2c1=O)N(Cc1ccc(Cl)c(Cl)c1)Cc1ccccn1. The second-order valence-electron chi connectivity index (χ2n) is 7.20. The molecule has 0 fully saturated rings. The Balaban J connectivity index is 1.53. The van der Waals surface area contributed by atoms with Gasteiger partial charge in [-0.1, -0.05) is 52.7 Å². The van der Waals surface area contributed by atoms with Crippen molar-refractivity contribution in [2.45, 2.75) is 26.1 Å². The molecule has 0 spiro atoms. The summed E-state index contributed by atoms with van der Waals surface area (Å²) in [6.07, 6.45) is 1.77. The van der Waals surface area contributed by atoms with E-state index in [1.807, 2.05) is 24.3 Å². The molecule has 0 bridgehead atoms. The fraction of sp³-hybridized carbons (Fsp3) is 0.174. The van der Waals surface area contributed by atoms with Crippen molar-refractivity contribution in [3.63, 3.8) is 0 Å². The average molecular weight is 468 g/mol. The molecule has 0 N–H and O–H groups in total. The summed E-state index contributed by atoms with van der Waals surface area (Å²) in [5.41, 5.74) is 1.84. The number of rotatable bonds is 7. The molecular formula is C23H19Cl2N5O2. The number of pyridine rings is 1. The summed E-state index contributed by atoms with van der Waals surface area (Å²) >= 11 is 12.2. The van der Waals surface area contributed by atoms with Gasteiger partial charge in [-0.25, -0.2) is 4.68 Å². The minimum atomic E-state index is -0.274. The van der Waals surface area contributed by atoms with Crippen molar-refractivity contribution < 1.29 is 4.79 Å². The predicted molar refractivity (Wildman–Crippen MR) is 123 cm³/mol. The first-order valence-electron chi connectivity index (χ1n) is 9.95. The molecule has 0 saturated carbocycles. The molecule has 2 aromatic heterocycles. The first kappa shape index (κ1) is 21.9. The van der Waals surface area contributed by atoms with Crippen molar-refractivity contribution >= 4 is 40.0 Å². The molecule has 0 aliphatic heterocycles. The first-order chi connectivity index (χ1) is 15.5. The number of hydrogen-bond acceptors (Lipinski definition) is 5. The van der Waals surface area contributed by atoms with Crippen LogP contribution in [0.4, 0.5) is 0 Å². The highest BCUT2D eigenvalue weighted by Crippen LogP contribution is 2.23. The van der Waals surface area contributed by atoms with Gasteiger partial charge in [-0.3, -0.25) is 14.6 Å². The Morgan fingerprint density at radius 1 is 0.969 bits per heavy atom. The molecule has 2 aromatic carbocycles. The van der Waals surface area contributed by atoms with Crippen LogP contribution in [-0.2, 0) is 24.4 Å². The second-order valence-corrected chi connectivity index (χ2v) is 8.02. The van der Waals surface area contributed by atoms with Gasteiger partial charge in [0.1, 0.15) is 5.52 Å². The van der Waals surface area contributed by atoms with E-state index in [1.54, 1.807) is 47.5 Å². The molecule has 9 heteroatoms. The van der Waals surface area contributed by atoms with Gasteiger partial charge >= 0.3 is 0 Å². The maximum absolute atomic E-state index is 13.1. The number of aryl methyl sites for hydroxylation is 1. The summed E-state index contributed by atoms with van der Waals surface area (Å²) in [5, 5.41) is 9.38. The molecule has 0 saturated heterocycles. The lowest BCUT2D eigenvalue weighted by Gasteiger charge is -2.23. The smallest absolute Gasteiger partial charge is 0.277 e. The number of nitrogens with zero attached hydrogens (tertiary/aromatic N) is 5. The van der Waals surface area contributed by atoms with Crippen LogP contribution in [0.1, 0.15) is 17.7 Å². The van der Waals surface area contributed by atoms with Crippen LogP contribution in [0.25, 0.3) is 10.9 Å². The van der Waals surface area contributed by atoms with Crippen LogP contribution in [0.2, 0.25) is 10.0 Å². The zero-order valence-electron chi connectivity index (χ0n) is 17.0. The van der Waals surface area contributed by atoms with E-state index in [4.69, 9.17) is 23.2 Å². The normalized spacial score (nSPS) is 10.9. The number of amides is 1. The molecule has 4 aromatic rings. The summed E-state index contributed by atoms with van der Waals surface area (Å²) in [6.45, 7) is 0.762. The van der Waals surface area contributed by atoms with Crippen LogP contribution >= 0.6 is 23.2 Å². The lowest BCUT2D eigenvalue weighted by atomic mass is 10.2. The van der Waals surface area contributed by atoms with Crippen molar-refractivity contribution in [1.82, 2.24) is 24.9 Å². The zero-order valence-corrected chi connectivity index (χ0v) is 18.5. The van der Waals surface area contributed by atoms with Crippen molar-refractivity contribution in [3.05, 3.63) is 98.5 Å². The molecule has 0 aliphatic rings. The highest BCUT2D eigenvalue weighted by Gasteiger charge is 2.17. The second kappa shape index (κ2) is 9.89. The molecular weight excluding hydrogens is 449 g/mol. The number of benzene rings is 2. The third kappa shape index (κ3) is 5.12. The van der Waals surface area contributed by atoms with Crippen LogP contribution in [0.15, 0.2) is 71.7 Å². The Morgan fingerprint density at radius 2 is 1.78 bits per heavy atom. The Bertz CT molecular complexity index is 1310. The van der Waals surface area contributed by atoms with Gasteiger partial charge in [-0.2, -0.15) is 0 Å². The Morgan fingerprint density at radius 3 is 2.56 bits per heavy atom. The van der Waals surface area contributed by atoms with Crippen LogP contribution in [0.3, 0.4) is 0 Å². The summed E-state index contributed by atoms with van der Waals surface area (Å²) in [7, 11) is 0. The topological polar surface area (TPSA) is 81.0 Å². The molecule has 0 aliphatic carbocycles. The quantitative estimate of drug-likeness (QED) is 0.408. The first-order valence-corrected chi connectivity index (χ1v) is 10.7. The van der Waals surface area contributed by atoms with Crippen molar-refractivity contribution in [1.29, 1.82) is 0 Å². The largest absolute Gasteiger partial charge is 0.332 e. The number of aromatic nitrogens is 4. The molecule has 0 radical (unpaired) electrons. The van der Waals surface area contributed by atoms with Gasteiger partial charge in [0, 0.05) is 19.2 Å². The highest BCUT2D eigenvalue weighted by atomic mass is 35.5. The maximum atomic E-state index is 13.1. The van der Waals surface area contributed by atoms with E-state index < -0.39 is 0 Å². The third-order valence-electron chi connectivity index (χ3n) is 4.96. The summed E-state index contributed by atoms with van der Waals surface area (Å²) in [5.74, 6) is -0.149. The van der Waals surface area contributed by atoms with Gasteiger partial charge in [-0.15, -0.1) is 5.10 Å². The monoisotopic (exact) mass is 467 g/mol. The number of hydrogen-bond donors (Lipinski definition) is 0. The predicted octanol–water partition coefficient (Wildman–Crippen LogP) is 4.11. The number of carbonyl (C=O) groups is 1. The van der Waals surface area contributed by atoms with Gasteiger partial charge in [0.15, 0.2) is 0 Å². The van der Waals surface area contributed by atoms with Crippen LogP contribution in [0, 0.1) is 0 Å². The maximum Gasteiger partial charge on any atom is 0.277 e. The van der Waals surface area contributed by atoms with E-state index in [-0.39, 0.29) is 24.4 Å². The van der Waals surface area contributed by atoms with Crippen molar-refractivity contribution in [2.75, 3.05) is 0 Å². The molecule has 7 nitrogen and oxygen atoms in total. The number of fused-ring (bicyclic) bond motifs is 1. The molecule has 1 amide bonds. The fourth-order valence-electron chi connectivity index (χ4n) is 3.31. The summed E-state index contributed by atoms with van der Waals surface area (Å²) in [4.78, 5) is 31.8. The fourth-order valence-corrected chi connectivity index (χ4v) is 3.63. The van der Waals surface area contributed by atoms with Crippen molar-refractivity contribution in [3.8, 4) is 0 Å². The Hall–Kier alpha value is -3.29. The van der Waals surface area contributed by atoms with E-state index in [0.29, 0.717) is 34.0 Å².